The fourth-order valence-corrected chi connectivity index (χ4v) is 4.98. The Morgan fingerprint density at radius 2 is 1.76 bits per heavy atom. The highest BCUT2D eigenvalue weighted by atomic mass is 32.2. The molecule has 2 aromatic rings. The van der Waals surface area contributed by atoms with Gasteiger partial charge >= 0.3 is 0 Å². The van der Waals surface area contributed by atoms with Crippen molar-refractivity contribution in [2.75, 3.05) is 32.5 Å². The van der Waals surface area contributed by atoms with Crippen LogP contribution in [0.1, 0.15) is 36.3 Å². The molecule has 0 unspecified atom stereocenters. The lowest BCUT2D eigenvalue weighted by molar-refractivity contribution is -0.118. The zero-order valence-electron chi connectivity index (χ0n) is 19.1. The van der Waals surface area contributed by atoms with Crippen LogP contribution in [0.15, 0.2) is 54.6 Å². The van der Waals surface area contributed by atoms with Gasteiger partial charge in [-0.15, -0.1) is 0 Å². The van der Waals surface area contributed by atoms with Crippen LogP contribution in [0.3, 0.4) is 0 Å². The fraction of sp³-hybridized carbons (Fsp3) is 0.480. The number of amides is 1. The SMILES string of the molecule is CS(=O)(=O)NC(=O)Cc1ccc(OCCN2CCC(N[C@@H]3C[C@H]3c3ccccc3)CC2)cc1. The molecular weight excluding hydrogens is 438 g/mol. The van der Waals surface area contributed by atoms with E-state index in [2.05, 4.69) is 40.5 Å². The van der Waals surface area contributed by atoms with Gasteiger partial charge in [0, 0.05) is 24.5 Å². The minimum atomic E-state index is -3.53. The number of benzene rings is 2. The molecule has 7 nitrogen and oxygen atoms in total. The van der Waals surface area contributed by atoms with E-state index in [0.717, 1.165) is 37.2 Å². The first-order chi connectivity index (χ1) is 15.9. The summed E-state index contributed by atoms with van der Waals surface area (Å²) >= 11 is 0. The monoisotopic (exact) mass is 471 g/mol. The van der Waals surface area contributed by atoms with E-state index in [0.29, 0.717) is 24.6 Å². The number of nitrogens with one attached hydrogen (secondary N) is 2. The van der Waals surface area contributed by atoms with Crippen molar-refractivity contribution >= 4 is 15.9 Å². The number of carbonyl (C=O) groups is 1. The highest BCUT2D eigenvalue weighted by molar-refractivity contribution is 7.89. The predicted octanol–water partition coefficient (Wildman–Crippen LogP) is 2.29. The highest BCUT2D eigenvalue weighted by Gasteiger charge is 2.39. The first-order valence-corrected chi connectivity index (χ1v) is 13.5. The smallest absolute Gasteiger partial charge is 0.237 e. The number of hydrogen-bond donors (Lipinski definition) is 2. The molecule has 2 fully saturated rings. The Morgan fingerprint density at radius 3 is 2.42 bits per heavy atom. The van der Waals surface area contributed by atoms with Crippen molar-refractivity contribution in [1.82, 2.24) is 14.9 Å². The quantitative estimate of drug-likeness (QED) is 0.553. The lowest BCUT2D eigenvalue weighted by atomic mass is 10.0. The molecule has 178 valence electrons. The zero-order chi connectivity index (χ0) is 23.3. The summed E-state index contributed by atoms with van der Waals surface area (Å²) in [6, 6.07) is 19.2. The van der Waals surface area contributed by atoms with Gasteiger partial charge in [0.15, 0.2) is 0 Å². The molecule has 1 aliphatic carbocycles. The summed E-state index contributed by atoms with van der Waals surface area (Å²) in [5.74, 6) is 0.888. The van der Waals surface area contributed by atoms with Gasteiger partial charge in [-0.3, -0.25) is 14.4 Å². The van der Waals surface area contributed by atoms with Gasteiger partial charge in [0.1, 0.15) is 12.4 Å². The lowest BCUT2D eigenvalue weighted by Gasteiger charge is -2.32. The van der Waals surface area contributed by atoms with E-state index in [9.17, 15) is 13.2 Å². The molecule has 1 saturated carbocycles. The average Bonchev–Trinajstić information content (AvgIpc) is 3.55. The highest BCUT2D eigenvalue weighted by Crippen LogP contribution is 2.41. The van der Waals surface area contributed by atoms with Crippen LogP contribution in [0.4, 0.5) is 0 Å². The molecule has 0 bridgehead atoms. The van der Waals surface area contributed by atoms with Crippen LogP contribution in [0, 0.1) is 0 Å². The molecule has 1 saturated heterocycles. The molecule has 0 spiro atoms. The molecule has 2 atom stereocenters. The Balaban J connectivity index is 1.11. The molecule has 1 amide bonds. The second-order valence-corrected chi connectivity index (χ2v) is 10.9. The van der Waals surface area contributed by atoms with Gasteiger partial charge in [-0.05, 0) is 55.6 Å². The average molecular weight is 472 g/mol. The van der Waals surface area contributed by atoms with Gasteiger partial charge in [-0.25, -0.2) is 8.42 Å². The number of hydrogen-bond acceptors (Lipinski definition) is 6. The third kappa shape index (κ3) is 7.55. The Bertz CT molecular complexity index is 1020. The van der Waals surface area contributed by atoms with Crippen LogP contribution >= 0.6 is 0 Å². The molecule has 1 heterocycles. The standard InChI is InChI=1S/C25H33N3O4S/c1-33(30,31)27-25(29)17-19-7-9-22(10-8-19)32-16-15-28-13-11-21(12-14-28)26-24-18-23(24)20-5-3-2-4-6-20/h2-10,21,23-24,26H,11-18H2,1H3,(H,27,29)/t23-,24+/m0/s1. The molecule has 1 aliphatic heterocycles. The number of piperidine rings is 1. The Hall–Kier alpha value is -2.42. The number of ether oxygens (including phenoxy) is 1. The van der Waals surface area contributed by atoms with Crippen molar-refractivity contribution in [2.24, 2.45) is 0 Å². The van der Waals surface area contributed by atoms with Gasteiger partial charge in [-0.1, -0.05) is 42.5 Å². The second-order valence-electron chi connectivity index (χ2n) is 9.11. The minimum Gasteiger partial charge on any atom is -0.492 e. The molecule has 8 heteroatoms. The Morgan fingerprint density at radius 1 is 1.06 bits per heavy atom. The number of nitrogens with zero attached hydrogens (tertiary/aromatic N) is 1. The van der Waals surface area contributed by atoms with Gasteiger partial charge < -0.3 is 10.1 Å². The van der Waals surface area contributed by atoms with Gasteiger partial charge in [0.2, 0.25) is 15.9 Å². The van der Waals surface area contributed by atoms with Crippen molar-refractivity contribution in [3.05, 3.63) is 65.7 Å². The van der Waals surface area contributed by atoms with Crippen LogP contribution in [0.2, 0.25) is 0 Å². The minimum absolute atomic E-state index is 0.0171. The molecule has 2 aromatic carbocycles. The van der Waals surface area contributed by atoms with E-state index < -0.39 is 15.9 Å². The van der Waals surface area contributed by atoms with E-state index in [4.69, 9.17) is 4.74 Å². The molecule has 33 heavy (non-hydrogen) atoms. The maximum Gasteiger partial charge on any atom is 0.237 e. The number of carbonyl (C=O) groups excluding carboxylic acids is 1. The van der Waals surface area contributed by atoms with Crippen LogP contribution in [-0.2, 0) is 21.2 Å². The van der Waals surface area contributed by atoms with Crippen molar-refractivity contribution < 1.29 is 17.9 Å². The molecule has 0 aromatic heterocycles. The van der Waals surface area contributed by atoms with Crippen molar-refractivity contribution in [3.8, 4) is 5.75 Å². The number of sulfonamides is 1. The summed E-state index contributed by atoms with van der Waals surface area (Å²) in [7, 11) is -3.53. The maximum absolute atomic E-state index is 11.7. The summed E-state index contributed by atoms with van der Waals surface area (Å²) in [4.78, 5) is 14.1. The van der Waals surface area contributed by atoms with Crippen LogP contribution in [0.25, 0.3) is 0 Å². The maximum atomic E-state index is 11.7. The Kier molecular flexibility index (Phi) is 7.67. The molecule has 2 aliphatic rings. The number of rotatable bonds is 10. The third-order valence-electron chi connectivity index (χ3n) is 6.32. The van der Waals surface area contributed by atoms with Gasteiger partial charge in [0.05, 0.1) is 12.7 Å². The van der Waals surface area contributed by atoms with Crippen LogP contribution in [0.5, 0.6) is 5.75 Å². The summed E-state index contributed by atoms with van der Waals surface area (Å²) in [5, 5.41) is 3.86. The van der Waals surface area contributed by atoms with Crippen molar-refractivity contribution in [2.45, 2.75) is 43.7 Å². The van der Waals surface area contributed by atoms with Gasteiger partial charge in [-0.2, -0.15) is 0 Å². The normalized spacial score (nSPS) is 21.5. The molecule has 0 radical (unpaired) electrons. The van der Waals surface area contributed by atoms with Crippen molar-refractivity contribution in [3.63, 3.8) is 0 Å². The van der Waals surface area contributed by atoms with E-state index in [-0.39, 0.29) is 6.42 Å². The van der Waals surface area contributed by atoms with Crippen LogP contribution < -0.4 is 14.8 Å². The van der Waals surface area contributed by atoms with Crippen LogP contribution in [-0.4, -0.2) is 63.8 Å². The second kappa shape index (κ2) is 10.7. The number of likely N-dealkylation sites (tertiary alicyclic amines) is 1. The first kappa shape index (κ1) is 23.7. The summed E-state index contributed by atoms with van der Waals surface area (Å²) in [6.07, 6.45) is 4.57. The largest absolute Gasteiger partial charge is 0.492 e. The molecule has 2 N–H and O–H groups in total. The lowest BCUT2D eigenvalue weighted by Crippen LogP contribution is -2.44. The summed E-state index contributed by atoms with van der Waals surface area (Å²) < 4.78 is 30.1. The topological polar surface area (TPSA) is 87.7 Å². The molecule has 4 rings (SSSR count). The summed E-state index contributed by atoms with van der Waals surface area (Å²) in [6.45, 7) is 3.67. The van der Waals surface area contributed by atoms with E-state index in [1.54, 1.807) is 12.1 Å². The van der Waals surface area contributed by atoms with Gasteiger partial charge in [0.25, 0.3) is 0 Å². The first-order valence-electron chi connectivity index (χ1n) is 11.6. The summed E-state index contributed by atoms with van der Waals surface area (Å²) in [5.41, 5.74) is 2.19. The zero-order valence-corrected chi connectivity index (χ0v) is 19.9. The third-order valence-corrected chi connectivity index (χ3v) is 6.92. The molecular formula is C25H33N3O4S. The fourth-order valence-electron chi connectivity index (χ4n) is 4.50. The van der Waals surface area contributed by atoms with E-state index in [1.165, 1.54) is 24.8 Å². The predicted molar refractivity (Wildman–Crippen MR) is 129 cm³/mol. The van der Waals surface area contributed by atoms with E-state index in [1.807, 2.05) is 16.9 Å². The Labute approximate surface area is 196 Å². The van der Waals surface area contributed by atoms with E-state index >= 15 is 0 Å². The van der Waals surface area contributed by atoms with Crippen molar-refractivity contribution in [1.29, 1.82) is 0 Å².